The van der Waals surface area contributed by atoms with E-state index in [0.717, 1.165) is 28.3 Å². The molecule has 1 N–H and O–H groups in total. The molecular formula is C21H22N4O. The van der Waals surface area contributed by atoms with Crippen LogP contribution in [-0.4, -0.2) is 22.8 Å². The third-order valence-corrected chi connectivity index (χ3v) is 4.03. The van der Waals surface area contributed by atoms with Gasteiger partial charge in [0.1, 0.15) is 11.6 Å². The van der Waals surface area contributed by atoms with Gasteiger partial charge in [0, 0.05) is 11.6 Å². The third kappa shape index (κ3) is 4.06. The summed E-state index contributed by atoms with van der Waals surface area (Å²) in [6, 6.07) is 17.9. The Labute approximate surface area is 153 Å². The molecule has 0 aliphatic carbocycles. The van der Waals surface area contributed by atoms with Crippen LogP contribution in [0.2, 0.25) is 0 Å². The van der Waals surface area contributed by atoms with Gasteiger partial charge in [0.25, 0.3) is 0 Å². The highest BCUT2D eigenvalue weighted by Gasteiger charge is 2.09. The second-order valence-corrected chi connectivity index (χ2v) is 6.06. The van der Waals surface area contributed by atoms with Crippen LogP contribution in [0.25, 0.3) is 11.3 Å². The fourth-order valence-corrected chi connectivity index (χ4v) is 2.62. The van der Waals surface area contributed by atoms with E-state index < -0.39 is 0 Å². The lowest BCUT2D eigenvalue weighted by molar-refractivity contribution is 0.416. The molecule has 0 saturated heterocycles. The Morgan fingerprint density at radius 2 is 1.73 bits per heavy atom. The molecular weight excluding hydrogens is 324 g/mol. The number of rotatable bonds is 5. The van der Waals surface area contributed by atoms with Crippen molar-refractivity contribution in [3.8, 4) is 17.0 Å². The fraction of sp³-hybridized carbons (Fsp3) is 0.190. The van der Waals surface area contributed by atoms with Gasteiger partial charge >= 0.3 is 0 Å². The van der Waals surface area contributed by atoms with E-state index in [2.05, 4.69) is 51.7 Å². The van der Waals surface area contributed by atoms with Gasteiger partial charge in [-0.15, -0.1) is 0 Å². The van der Waals surface area contributed by atoms with Gasteiger partial charge in [-0.2, -0.15) is 5.10 Å². The number of para-hydroxylation sites is 1. The first-order valence-electron chi connectivity index (χ1n) is 8.43. The van der Waals surface area contributed by atoms with Crippen LogP contribution in [0, 0.1) is 13.8 Å². The Bertz CT molecular complexity index is 933. The number of hydrazone groups is 1. The van der Waals surface area contributed by atoms with Crippen molar-refractivity contribution in [2.75, 3.05) is 12.5 Å². The average Bonchev–Trinajstić information content (AvgIpc) is 2.66. The lowest BCUT2D eigenvalue weighted by atomic mass is 10.1. The number of ether oxygens (including phenoxy) is 1. The molecule has 5 nitrogen and oxygen atoms in total. The second-order valence-electron chi connectivity index (χ2n) is 6.06. The van der Waals surface area contributed by atoms with E-state index in [1.807, 2.05) is 44.2 Å². The number of hydrogen-bond donors (Lipinski definition) is 1. The van der Waals surface area contributed by atoms with Gasteiger partial charge < -0.3 is 4.74 Å². The normalized spacial score (nSPS) is 11.3. The Morgan fingerprint density at radius 1 is 1.00 bits per heavy atom. The van der Waals surface area contributed by atoms with Gasteiger partial charge in [-0.05, 0) is 38.5 Å². The highest BCUT2D eigenvalue weighted by Crippen LogP contribution is 2.29. The molecule has 26 heavy (non-hydrogen) atoms. The van der Waals surface area contributed by atoms with Crippen molar-refractivity contribution in [2.24, 2.45) is 5.10 Å². The van der Waals surface area contributed by atoms with E-state index in [1.165, 1.54) is 5.56 Å². The molecule has 3 rings (SSSR count). The summed E-state index contributed by atoms with van der Waals surface area (Å²) in [4.78, 5) is 8.95. The minimum atomic E-state index is 0.643. The molecule has 0 aliphatic rings. The summed E-state index contributed by atoms with van der Waals surface area (Å²) in [7, 11) is 1.65. The van der Waals surface area contributed by atoms with E-state index in [0.29, 0.717) is 11.6 Å². The van der Waals surface area contributed by atoms with Gasteiger partial charge in [0.05, 0.1) is 18.5 Å². The molecule has 1 aromatic heterocycles. The lowest BCUT2D eigenvalue weighted by Gasteiger charge is -2.10. The molecule has 132 valence electrons. The van der Waals surface area contributed by atoms with E-state index in [1.54, 1.807) is 7.11 Å². The van der Waals surface area contributed by atoms with Gasteiger partial charge in [-0.1, -0.05) is 42.0 Å². The van der Waals surface area contributed by atoms with E-state index in [9.17, 15) is 0 Å². The third-order valence-electron chi connectivity index (χ3n) is 4.03. The maximum absolute atomic E-state index is 5.44. The molecule has 0 atom stereocenters. The number of nitrogens with zero attached hydrogens (tertiary/aromatic N) is 3. The molecule has 0 unspecified atom stereocenters. The number of hydrogen-bond acceptors (Lipinski definition) is 5. The topological polar surface area (TPSA) is 59.4 Å². The van der Waals surface area contributed by atoms with Crippen molar-refractivity contribution in [2.45, 2.75) is 20.8 Å². The van der Waals surface area contributed by atoms with Gasteiger partial charge in [0.15, 0.2) is 5.82 Å². The summed E-state index contributed by atoms with van der Waals surface area (Å²) in [6.07, 6.45) is 0. The summed E-state index contributed by atoms with van der Waals surface area (Å²) in [5, 5.41) is 4.46. The van der Waals surface area contributed by atoms with Crippen molar-refractivity contribution >= 4 is 11.5 Å². The summed E-state index contributed by atoms with van der Waals surface area (Å²) >= 11 is 0. The molecule has 3 aromatic rings. The van der Waals surface area contributed by atoms with Crippen LogP contribution in [-0.2, 0) is 0 Å². The molecule has 0 bridgehead atoms. The zero-order chi connectivity index (χ0) is 18.5. The first-order chi connectivity index (χ1) is 12.6. The zero-order valence-electron chi connectivity index (χ0n) is 15.4. The number of benzene rings is 2. The van der Waals surface area contributed by atoms with Crippen LogP contribution in [0.4, 0.5) is 5.82 Å². The quantitative estimate of drug-likeness (QED) is 0.541. The Morgan fingerprint density at radius 3 is 2.46 bits per heavy atom. The molecule has 0 amide bonds. The second kappa shape index (κ2) is 7.78. The van der Waals surface area contributed by atoms with E-state index in [4.69, 9.17) is 4.74 Å². The van der Waals surface area contributed by atoms with Crippen LogP contribution in [0.5, 0.6) is 5.75 Å². The van der Waals surface area contributed by atoms with Crippen molar-refractivity contribution < 1.29 is 4.74 Å². The molecule has 2 aromatic carbocycles. The standard InChI is InChI=1S/C21H22N4O/c1-14-9-11-17(12-10-14)15(2)24-25-21-13-19(22-16(3)23-21)18-7-5-6-8-20(18)26-4/h5-13H,1-4H3,(H,22,23,25). The maximum atomic E-state index is 5.44. The molecule has 1 heterocycles. The van der Waals surface area contributed by atoms with Crippen LogP contribution in [0.3, 0.4) is 0 Å². The molecule has 0 saturated carbocycles. The first kappa shape index (κ1) is 17.6. The number of nitrogens with one attached hydrogen (secondary N) is 1. The number of anilines is 1. The van der Waals surface area contributed by atoms with Crippen molar-refractivity contribution in [3.63, 3.8) is 0 Å². The predicted octanol–water partition coefficient (Wildman–Crippen LogP) is 4.61. The molecule has 5 heteroatoms. The van der Waals surface area contributed by atoms with Gasteiger partial charge in [0.2, 0.25) is 0 Å². The summed E-state index contributed by atoms with van der Waals surface area (Å²) in [5.41, 5.74) is 7.94. The highest BCUT2D eigenvalue weighted by molar-refractivity contribution is 5.99. The van der Waals surface area contributed by atoms with E-state index >= 15 is 0 Å². The lowest BCUT2D eigenvalue weighted by Crippen LogP contribution is -2.03. The van der Waals surface area contributed by atoms with Crippen LogP contribution in [0.15, 0.2) is 59.7 Å². The van der Waals surface area contributed by atoms with Crippen molar-refractivity contribution in [1.29, 1.82) is 0 Å². The average molecular weight is 346 g/mol. The minimum absolute atomic E-state index is 0.643. The Hall–Kier alpha value is -3.21. The minimum Gasteiger partial charge on any atom is -0.496 e. The fourth-order valence-electron chi connectivity index (χ4n) is 2.62. The predicted molar refractivity (Wildman–Crippen MR) is 106 cm³/mol. The number of aryl methyl sites for hydroxylation is 2. The molecule has 0 fully saturated rings. The smallest absolute Gasteiger partial charge is 0.150 e. The van der Waals surface area contributed by atoms with Crippen molar-refractivity contribution in [1.82, 2.24) is 9.97 Å². The number of aromatic nitrogens is 2. The molecule has 0 spiro atoms. The van der Waals surface area contributed by atoms with E-state index in [-0.39, 0.29) is 0 Å². The highest BCUT2D eigenvalue weighted by atomic mass is 16.5. The Balaban J connectivity index is 1.88. The van der Waals surface area contributed by atoms with Gasteiger partial charge in [-0.25, -0.2) is 9.97 Å². The maximum Gasteiger partial charge on any atom is 0.150 e. The first-order valence-corrected chi connectivity index (χ1v) is 8.43. The largest absolute Gasteiger partial charge is 0.496 e. The van der Waals surface area contributed by atoms with Gasteiger partial charge in [-0.3, -0.25) is 5.43 Å². The van der Waals surface area contributed by atoms with Crippen molar-refractivity contribution in [3.05, 3.63) is 71.5 Å². The summed E-state index contributed by atoms with van der Waals surface area (Å²) in [5.74, 6) is 2.08. The SMILES string of the molecule is COc1ccccc1-c1cc(NN=C(C)c2ccc(C)cc2)nc(C)n1. The summed E-state index contributed by atoms with van der Waals surface area (Å²) in [6.45, 7) is 5.89. The molecule has 0 aliphatic heterocycles. The van der Waals surface area contributed by atoms with Crippen LogP contribution in [0.1, 0.15) is 23.9 Å². The zero-order valence-corrected chi connectivity index (χ0v) is 15.4. The number of methoxy groups -OCH3 is 1. The Kier molecular flexibility index (Phi) is 5.27. The molecule has 0 radical (unpaired) electrons. The monoisotopic (exact) mass is 346 g/mol. The summed E-state index contributed by atoms with van der Waals surface area (Å²) < 4.78 is 5.44. The van der Waals surface area contributed by atoms with Crippen LogP contribution >= 0.6 is 0 Å². The van der Waals surface area contributed by atoms with Crippen LogP contribution < -0.4 is 10.2 Å².